The molecular formula is C15H20N4O3. The fourth-order valence-electron chi connectivity index (χ4n) is 1.89. The Bertz CT molecular complexity index is 619. The molecule has 0 fully saturated rings. The van der Waals surface area contributed by atoms with Crippen molar-refractivity contribution in [1.29, 1.82) is 0 Å². The van der Waals surface area contributed by atoms with E-state index in [0.29, 0.717) is 6.42 Å². The lowest BCUT2D eigenvalue weighted by atomic mass is 10.1. The van der Waals surface area contributed by atoms with Crippen LogP contribution in [0.5, 0.6) is 0 Å². The lowest BCUT2D eigenvalue weighted by Crippen LogP contribution is -2.36. The standard InChI is InChI=1S/C15H20N4O3/c1-15(2,3)22-14(20)17-11(12-18-19-13(16)21-12)9-10-7-5-4-6-8-10/h4-8,11H,9H2,1-3H3,(H2,16,19)(H,17,20)/t11-/m0/s1. The smallest absolute Gasteiger partial charge is 0.408 e. The summed E-state index contributed by atoms with van der Waals surface area (Å²) in [4.78, 5) is 12.0. The predicted molar refractivity (Wildman–Crippen MR) is 81.0 cm³/mol. The van der Waals surface area contributed by atoms with E-state index in [1.54, 1.807) is 20.8 Å². The molecule has 0 aliphatic rings. The summed E-state index contributed by atoms with van der Waals surface area (Å²) >= 11 is 0. The number of nitrogens with two attached hydrogens (primary N) is 1. The Labute approximate surface area is 128 Å². The molecule has 0 aliphatic heterocycles. The van der Waals surface area contributed by atoms with E-state index in [-0.39, 0.29) is 11.9 Å². The highest BCUT2D eigenvalue weighted by atomic mass is 16.6. The van der Waals surface area contributed by atoms with Gasteiger partial charge in [-0.05, 0) is 26.3 Å². The van der Waals surface area contributed by atoms with Gasteiger partial charge in [-0.25, -0.2) is 4.79 Å². The molecule has 22 heavy (non-hydrogen) atoms. The molecule has 0 spiro atoms. The number of ether oxygens (including phenoxy) is 1. The topological polar surface area (TPSA) is 103 Å². The maximum Gasteiger partial charge on any atom is 0.408 e. The summed E-state index contributed by atoms with van der Waals surface area (Å²) in [6.45, 7) is 5.39. The number of alkyl carbamates (subject to hydrolysis) is 1. The average Bonchev–Trinajstić information content (AvgIpc) is 2.84. The quantitative estimate of drug-likeness (QED) is 0.899. The van der Waals surface area contributed by atoms with E-state index in [0.717, 1.165) is 5.56 Å². The van der Waals surface area contributed by atoms with E-state index in [1.807, 2.05) is 30.3 Å². The van der Waals surface area contributed by atoms with Crippen molar-refractivity contribution in [3.05, 3.63) is 41.8 Å². The van der Waals surface area contributed by atoms with Crippen LogP contribution in [0.4, 0.5) is 10.8 Å². The van der Waals surface area contributed by atoms with Gasteiger partial charge in [0.15, 0.2) is 0 Å². The number of amides is 1. The second-order valence-electron chi connectivity index (χ2n) is 5.87. The van der Waals surface area contributed by atoms with Gasteiger partial charge in [0.1, 0.15) is 11.6 Å². The summed E-state index contributed by atoms with van der Waals surface area (Å²) in [5.41, 5.74) is 5.88. The molecule has 1 amide bonds. The van der Waals surface area contributed by atoms with Crippen LogP contribution in [-0.2, 0) is 11.2 Å². The summed E-state index contributed by atoms with van der Waals surface area (Å²) < 4.78 is 10.5. The van der Waals surface area contributed by atoms with Crippen LogP contribution in [0.1, 0.15) is 38.3 Å². The molecule has 1 aromatic carbocycles. The van der Waals surface area contributed by atoms with Crippen LogP contribution in [0.3, 0.4) is 0 Å². The molecule has 118 valence electrons. The van der Waals surface area contributed by atoms with E-state index in [9.17, 15) is 4.79 Å². The van der Waals surface area contributed by atoms with Gasteiger partial charge in [0, 0.05) is 6.42 Å². The van der Waals surface area contributed by atoms with Crippen molar-refractivity contribution in [3.63, 3.8) is 0 Å². The summed E-state index contributed by atoms with van der Waals surface area (Å²) in [5, 5.41) is 10.2. The van der Waals surface area contributed by atoms with Gasteiger partial charge in [0.25, 0.3) is 0 Å². The molecule has 1 aromatic heterocycles. The summed E-state index contributed by atoms with van der Waals surface area (Å²) in [6, 6.07) is 9.10. The van der Waals surface area contributed by atoms with E-state index >= 15 is 0 Å². The first kappa shape index (κ1) is 15.8. The molecule has 2 aromatic rings. The molecule has 0 saturated heterocycles. The van der Waals surface area contributed by atoms with Gasteiger partial charge in [-0.1, -0.05) is 35.4 Å². The van der Waals surface area contributed by atoms with Crippen molar-refractivity contribution in [3.8, 4) is 0 Å². The zero-order valence-corrected chi connectivity index (χ0v) is 12.9. The number of carbonyl (C=O) groups is 1. The Morgan fingerprint density at radius 1 is 1.32 bits per heavy atom. The first-order valence-electron chi connectivity index (χ1n) is 6.96. The number of anilines is 1. The fraction of sp³-hybridized carbons (Fsp3) is 0.400. The first-order chi connectivity index (χ1) is 10.3. The van der Waals surface area contributed by atoms with Crippen LogP contribution < -0.4 is 11.1 Å². The van der Waals surface area contributed by atoms with E-state index in [4.69, 9.17) is 14.9 Å². The third-order valence-corrected chi connectivity index (χ3v) is 2.73. The molecule has 0 bridgehead atoms. The molecule has 3 N–H and O–H groups in total. The molecule has 0 aliphatic carbocycles. The highest BCUT2D eigenvalue weighted by Gasteiger charge is 2.24. The lowest BCUT2D eigenvalue weighted by molar-refractivity contribution is 0.0495. The monoisotopic (exact) mass is 304 g/mol. The number of hydrogen-bond acceptors (Lipinski definition) is 6. The van der Waals surface area contributed by atoms with Crippen LogP contribution in [-0.4, -0.2) is 21.9 Å². The van der Waals surface area contributed by atoms with Gasteiger partial charge in [-0.3, -0.25) is 0 Å². The van der Waals surface area contributed by atoms with E-state index < -0.39 is 17.7 Å². The predicted octanol–water partition coefficient (Wildman–Crippen LogP) is 2.46. The second kappa shape index (κ2) is 6.46. The van der Waals surface area contributed by atoms with Crippen LogP contribution in [0.2, 0.25) is 0 Å². The fourth-order valence-corrected chi connectivity index (χ4v) is 1.89. The van der Waals surface area contributed by atoms with Crippen molar-refractivity contribution in [2.24, 2.45) is 0 Å². The van der Waals surface area contributed by atoms with E-state index in [2.05, 4.69) is 15.5 Å². The van der Waals surface area contributed by atoms with Crippen molar-refractivity contribution in [2.75, 3.05) is 5.73 Å². The molecule has 0 saturated carbocycles. The largest absolute Gasteiger partial charge is 0.444 e. The van der Waals surface area contributed by atoms with Gasteiger partial charge in [-0.15, -0.1) is 5.10 Å². The number of hydrogen-bond donors (Lipinski definition) is 2. The Kier molecular flexibility index (Phi) is 4.65. The maximum absolute atomic E-state index is 12.0. The third kappa shape index (κ3) is 4.76. The zero-order chi connectivity index (χ0) is 16.2. The van der Waals surface area contributed by atoms with Gasteiger partial charge < -0.3 is 20.2 Å². The van der Waals surface area contributed by atoms with Gasteiger partial charge in [-0.2, -0.15) is 0 Å². The molecule has 7 nitrogen and oxygen atoms in total. The SMILES string of the molecule is CC(C)(C)OC(=O)N[C@@H](Cc1ccccc1)c1nnc(N)o1. The maximum atomic E-state index is 12.0. The average molecular weight is 304 g/mol. The summed E-state index contributed by atoms with van der Waals surface area (Å²) in [7, 11) is 0. The molecule has 0 radical (unpaired) electrons. The van der Waals surface area contributed by atoms with Crippen LogP contribution in [0, 0.1) is 0 Å². The van der Waals surface area contributed by atoms with Crippen LogP contribution >= 0.6 is 0 Å². The van der Waals surface area contributed by atoms with Crippen molar-refractivity contribution in [1.82, 2.24) is 15.5 Å². The number of nitrogens with zero attached hydrogens (tertiary/aromatic N) is 2. The second-order valence-corrected chi connectivity index (χ2v) is 5.87. The molecule has 0 unspecified atom stereocenters. The van der Waals surface area contributed by atoms with Gasteiger partial charge in [0.2, 0.25) is 5.89 Å². The third-order valence-electron chi connectivity index (χ3n) is 2.73. The van der Waals surface area contributed by atoms with Gasteiger partial charge in [0.05, 0.1) is 0 Å². The normalized spacial score (nSPS) is 12.7. The number of aromatic nitrogens is 2. The molecule has 7 heteroatoms. The molecule has 1 atom stereocenters. The minimum absolute atomic E-state index is 0.0425. The highest BCUT2D eigenvalue weighted by Crippen LogP contribution is 2.19. The van der Waals surface area contributed by atoms with Crippen molar-refractivity contribution < 1.29 is 13.9 Å². The molecular weight excluding hydrogens is 284 g/mol. The molecule has 2 rings (SSSR count). The number of nitrogen functional groups attached to an aromatic ring is 1. The Morgan fingerprint density at radius 3 is 2.55 bits per heavy atom. The Morgan fingerprint density at radius 2 is 2.00 bits per heavy atom. The number of carbonyl (C=O) groups excluding carboxylic acids is 1. The van der Waals surface area contributed by atoms with Gasteiger partial charge >= 0.3 is 12.1 Å². The van der Waals surface area contributed by atoms with Crippen LogP contribution in [0.25, 0.3) is 0 Å². The first-order valence-corrected chi connectivity index (χ1v) is 6.96. The highest BCUT2D eigenvalue weighted by molar-refractivity contribution is 5.68. The van der Waals surface area contributed by atoms with Crippen molar-refractivity contribution in [2.45, 2.75) is 38.8 Å². The molecule has 1 heterocycles. The van der Waals surface area contributed by atoms with Crippen LogP contribution in [0.15, 0.2) is 34.7 Å². The van der Waals surface area contributed by atoms with Crippen molar-refractivity contribution >= 4 is 12.1 Å². The Hall–Kier alpha value is -2.57. The Balaban J connectivity index is 2.13. The minimum atomic E-state index is -0.588. The number of benzene rings is 1. The summed E-state index contributed by atoms with van der Waals surface area (Å²) in [6.07, 6.45) is -0.0629. The minimum Gasteiger partial charge on any atom is -0.444 e. The number of rotatable bonds is 4. The number of nitrogens with one attached hydrogen (secondary N) is 1. The zero-order valence-electron chi connectivity index (χ0n) is 12.9. The summed E-state index contributed by atoms with van der Waals surface area (Å²) in [5.74, 6) is 0.243. The lowest BCUT2D eigenvalue weighted by Gasteiger charge is -2.22. The van der Waals surface area contributed by atoms with E-state index in [1.165, 1.54) is 0 Å².